The van der Waals surface area contributed by atoms with Gasteiger partial charge in [-0.1, -0.05) is 18.2 Å². The Bertz CT molecular complexity index is 1070. The number of ether oxygens (including phenoxy) is 1. The summed E-state index contributed by atoms with van der Waals surface area (Å²) >= 11 is 0. The third-order valence-corrected chi connectivity index (χ3v) is 7.14. The fourth-order valence-electron chi connectivity index (χ4n) is 5.41. The highest BCUT2D eigenvalue weighted by Crippen LogP contribution is 2.48. The first-order valence-corrected chi connectivity index (χ1v) is 11.3. The zero-order valence-electron chi connectivity index (χ0n) is 18.1. The van der Waals surface area contributed by atoms with Gasteiger partial charge < -0.3 is 26.0 Å². The third kappa shape index (κ3) is 3.70. The molecule has 4 amide bonds. The quantitative estimate of drug-likeness (QED) is 0.678. The lowest BCUT2D eigenvalue weighted by molar-refractivity contribution is -0.126. The molecule has 9 heteroatoms. The summed E-state index contributed by atoms with van der Waals surface area (Å²) in [6, 6.07) is 6.00. The lowest BCUT2D eigenvalue weighted by atomic mass is 9.92. The minimum absolute atomic E-state index is 0.0802. The van der Waals surface area contributed by atoms with Crippen LogP contribution in [0.2, 0.25) is 0 Å². The minimum atomic E-state index is -0.621. The van der Waals surface area contributed by atoms with E-state index >= 15 is 0 Å². The molecule has 32 heavy (non-hydrogen) atoms. The van der Waals surface area contributed by atoms with E-state index in [0.717, 1.165) is 37.5 Å². The number of benzene rings is 1. The van der Waals surface area contributed by atoms with Gasteiger partial charge in [0.1, 0.15) is 6.04 Å². The highest BCUT2D eigenvalue weighted by molar-refractivity contribution is 6.05. The molecule has 1 saturated heterocycles. The van der Waals surface area contributed by atoms with Gasteiger partial charge in [-0.05, 0) is 50.5 Å². The maximum absolute atomic E-state index is 13.3. The number of primary amides is 1. The van der Waals surface area contributed by atoms with Gasteiger partial charge in [0.05, 0.1) is 17.3 Å². The summed E-state index contributed by atoms with van der Waals surface area (Å²) in [5, 5.41) is 6.80. The van der Waals surface area contributed by atoms with Gasteiger partial charge >= 0.3 is 12.1 Å². The lowest BCUT2D eigenvalue weighted by Crippen LogP contribution is -2.52. The number of urea groups is 1. The second kappa shape index (κ2) is 8.12. The van der Waals surface area contributed by atoms with E-state index in [1.807, 2.05) is 18.2 Å². The van der Waals surface area contributed by atoms with Gasteiger partial charge in [0.2, 0.25) is 5.91 Å². The summed E-state index contributed by atoms with van der Waals surface area (Å²) in [6.45, 7) is 0. The average molecular weight is 440 g/mol. The van der Waals surface area contributed by atoms with Crippen molar-refractivity contribution < 1.29 is 19.1 Å². The molecule has 3 aliphatic rings. The van der Waals surface area contributed by atoms with Crippen molar-refractivity contribution in [2.45, 2.75) is 62.8 Å². The molecule has 1 aromatic heterocycles. The molecule has 3 fully saturated rings. The Balaban J connectivity index is 1.32. The average Bonchev–Trinajstić information content (AvgIpc) is 3.29. The molecule has 1 aromatic carbocycles. The number of carbonyl (C=O) groups excluding carboxylic acids is 3. The van der Waals surface area contributed by atoms with Crippen LogP contribution in [-0.4, -0.2) is 58.8 Å². The Labute approximate surface area is 186 Å². The summed E-state index contributed by atoms with van der Waals surface area (Å²) in [6.07, 6.45) is 7.10. The first kappa shape index (κ1) is 20.8. The number of fused-ring (bicyclic) bond motifs is 2. The standard InChI is InChI=1S/C23H29N5O4/c1-32-15-6-4-5-14(11-15)25-21(29)20-10-13-9-19(13)28(20)23(31)26-17-12-27(22(24)30)18-8-3-2-7-16(17)18/h2-3,7-8,12-15,19-20H,4-6,9-11H2,1H3,(H2,24,30)(H,25,29)(H,26,31)/t13-,14-,15+,19-,20+/m1/s1. The molecule has 170 valence electrons. The van der Waals surface area contributed by atoms with Crippen LogP contribution < -0.4 is 16.4 Å². The molecular weight excluding hydrogens is 410 g/mol. The highest BCUT2D eigenvalue weighted by Gasteiger charge is 2.56. The highest BCUT2D eigenvalue weighted by atomic mass is 16.5. The van der Waals surface area contributed by atoms with E-state index in [1.165, 1.54) is 10.8 Å². The largest absolute Gasteiger partial charge is 0.381 e. The second-order valence-electron chi connectivity index (χ2n) is 9.15. The van der Waals surface area contributed by atoms with E-state index in [0.29, 0.717) is 23.5 Å². The van der Waals surface area contributed by atoms with Crippen LogP contribution in [0.3, 0.4) is 0 Å². The number of nitrogens with one attached hydrogen (secondary N) is 2. The first-order chi connectivity index (χ1) is 15.5. The van der Waals surface area contributed by atoms with Gasteiger partial charge in [0.25, 0.3) is 0 Å². The van der Waals surface area contributed by atoms with Gasteiger partial charge in [-0.3, -0.25) is 9.36 Å². The molecule has 2 aromatic rings. The zero-order chi connectivity index (χ0) is 22.4. The van der Waals surface area contributed by atoms with E-state index in [4.69, 9.17) is 10.5 Å². The monoisotopic (exact) mass is 439 g/mol. The van der Waals surface area contributed by atoms with Crippen LogP contribution in [-0.2, 0) is 9.53 Å². The molecule has 5 rings (SSSR count). The molecule has 2 heterocycles. The van der Waals surface area contributed by atoms with E-state index in [1.54, 1.807) is 18.1 Å². The SMILES string of the molecule is CO[C@H]1CCC[C@@H](NC(=O)[C@@H]2C[C@H]3C[C@H]3N2C(=O)Nc2cn(C(N)=O)c3ccccc23)C1. The maximum atomic E-state index is 13.3. The van der Waals surface area contributed by atoms with Crippen LogP contribution in [0.5, 0.6) is 0 Å². The van der Waals surface area contributed by atoms with Crippen LogP contribution in [0.4, 0.5) is 15.3 Å². The summed E-state index contributed by atoms with van der Waals surface area (Å²) in [5.74, 6) is 0.287. The Morgan fingerprint density at radius 1 is 1.12 bits per heavy atom. The number of methoxy groups -OCH3 is 1. The lowest BCUT2D eigenvalue weighted by Gasteiger charge is -2.32. The van der Waals surface area contributed by atoms with Gasteiger partial charge in [-0.25, -0.2) is 9.59 Å². The van der Waals surface area contributed by atoms with Crippen molar-refractivity contribution in [3.8, 4) is 0 Å². The van der Waals surface area contributed by atoms with Crippen molar-refractivity contribution >= 4 is 34.6 Å². The zero-order valence-corrected chi connectivity index (χ0v) is 18.1. The summed E-state index contributed by atoms with van der Waals surface area (Å²) in [5.41, 5.74) is 6.61. The molecule has 0 bridgehead atoms. The number of amides is 4. The van der Waals surface area contributed by atoms with Gasteiger partial charge in [-0.15, -0.1) is 0 Å². The van der Waals surface area contributed by atoms with Crippen molar-refractivity contribution in [1.29, 1.82) is 0 Å². The Hall–Kier alpha value is -3.07. The fourth-order valence-corrected chi connectivity index (χ4v) is 5.41. The molecule has 9 nitrogen and oxygen atoms in total. The molecule has 0 spiro atoms. The molecular formula is C23H29N5O4. The maximum Gasteiger partial charge on any atom is 0.323 e. The molecule has 2 aliphatic carbocycles. The predicted octanol–water partition coefficient (Wildman–Crippen LogP) is 2.64. The molecule has 5 atom stereocenters. The normalized spacial score (nSPS) is 28.9. The second-order valence-corrected chi connectivity index (χ2v) is 9.15. The predicted molar refractivity (Wildman–Crippen MR) is 119 cm³/mol. The van der Waals surface area contributed by atoms with Crippen LogP contribution in [0.1, 0.15) is 38.5 Å². The Morgan fingerprint density at radius 2 is 1.94 bits per heavy atom. The Kier molecular flexibility index (Phi) is 5.28. The number of nitrogens with zero attached hydrogens (tertiary/aromatic N) is 2. The summed E-state index contributed by atoms with van der Waals surface area (Å²) in [7, 11) is 1.71. The Morgan fingerprint density at radius 3 is 2.72 bits per heavy atom. The molecule has 4 N–H and O–H groups in total. The number of aromatic nitrogens is 1. The number of hydrogen-bond acceptors (Lipinski definition) is 4. The van der Waals surface area contributed by atoms with Crippen molar-refractivity contribution in [3.63, 3.8) is 0 Å². The van der Waals surface area contributed by atoms with Crippen molar-refractivity contribution in [2.75, 3.05) is 12.4 Å². The van der Waals surface area contributed by atoms with Crippen LogP contribution in [0, 0.1) is 5.92 Å². The number of rotatable bonds is 4. The summed E-state index contributed by atoms with van der Waals surface area (Å²) in [4.78, 5) is 39.9. The van der Waals surface area contributed by atoms with Crippen LogP contribution in [0.15, 0.2) is 30.5 Å². The fraction of sp³-hybridized carbons (Fsp3) is 0.522. The van der Waals surface area contributed by atoms with Crippen LogP contribution >= 0.6 is 0 Å². The molecule has 0 unspecified atom stereocenters. The van der Waals surface area contributed by atoms with E-state index in [-0.39, 0.29) is 30.1 Å². The topological polar surface area (TPSA) is 119 Å². The summed E-state index contributed by atoms with van der Waals surface area (Å²) < 4.78 is 6.79. The van der Waals surface area contributed by atoms with Gasteiger partial charge in [0, 0.05) is 30.8 Å². The number of likely N-dealkylation sites (tertiary alicyclic amines) is 1. The number of anilines is 1. The van der Waals surface area contributed by atoms with Crippen molar-refractivity contribution in [3.05, 3.63) is 30.5 Å². The minimum Gasteiger partial charge on any atom is -0.381 e. The number of para-hydroxylation sites is 1. The van der Waals surface area contributed by atoms with Gasteiger partial charge in [0.15, 0.2) is 0 Å². The third-order valence-electron chi connectivity index (χ3n) is 7.14. The molecule has 2 saturated carbocycles. The number of piperidine rings is 1. The van der Waals surface area contributed by atoms with E-state index in [2.05, 4.69) is 10.6 Å². The van der Waals surface area contributed by atoms with Crippen LogP contribution in [0.25, 0.3) is 10.9 Å². The van der Waals surface area contributed by atoms with Crippen molar-refractivity contribution in [2.24, 2.45) is 11.7 Å². The van der Waals surface area contributed by atoms with E-state index < -0.39 is 12.1 Å². The smallest absolute Gasteiger partial charge is 0.323 e. The first-order valence-electron chi connectivity index (χ1n) is 11.3. The molecule has 1 aliphatic heterocycles. The number of hydrogen-bond donors (Lipinski definition) is 3. The van der Waals surface area contributed by atoms with Crippen molar-refractivity contribution in [1.82, 2.24) is 14.8 Å². The number of carbonyl (C=O) groups is 3. The molecule has 0 radical (unpaired) electrons. The number of nitrogens with two attached hydrogens (primary N) is 1. The van der Waals surface area contributed by atoms with E-state index in [9.17, 15) is 14.4 Å². The van der Waals surface area contributed by atoms with Gasteiger partial charge in [-0.2, -0.15) is 0 Å².